The van der Waals surface area contributed by atoms with Crippen LogP contribution < -0.4 is 20.4 Å². The van der Waals surface area contributed by atoms with Crippen molar-refractivity contribution in [2.75, 3.05) is 37.4 Å². The first-order valence-corrected chi connectivity index (χ1v) is 14.4. The van der Waals surface area contributed by atoms with E-state index in [0.717, 1.165) is 5.57 Å². The zero-order valence-electron chi connectivity index (χ0n) is 22.7. The number of nitrogens with zero attached hydrogens (tertiary/aromatic N) is 4. The number of aliphatic hydroxyl groups is 1. The monoisotopic (exact) mass is 611 g/mol. The van der Waals surface area contributed by atoms with Crippen LogP contribution in [0.1, 0.15) is 25.3 Å². The molecule has 1 aliphatic heterocycles. The zero-order chi connectivity index (χ0) is 30.8. The van der Waals surface area contributed by atoms with Crippen molar-refractivity contribution in [1.29, 1.82) is 0 Å². The van der Waals surface area contributed by atoms with E-state index >= 15 is 0 Å². The van der Waals surface area contributed by atoms with Gasteiger partial charge in [0.05, 0.1) is 12.7 Å². The van der Waals surface area contributed by atoms with Crippen molar-refractivity contribution < 1.29 is 37.4 Å². The molecule has 0 bridgehead atoms. The van der Waals surface area contributed by atoms with Crippen LogP contribution in [-0.2, 0) is 15.5 Å². The Kier molecular flexibility index (Phi) is 8.76. The molecule has 0 spiro atoms. The van der Waals surface area contributed by atoms with Crippen LogP contribution >= 0.6 is 7.60 Å². The number of quaternary nitrogens is 1. The highest BCUT2D eigenvalue weighted by Gasteiger charge is 2.47. The molecule has 0 saturated carbocycles. The first kappa shape index (κ1) is 31.1. The Morgan fingerprint density at radius 1 is 1.26 bits per heavy atom. The number of hydrogen-bond donors (Lipinski definition) is 7. The van der Waals surface area contributed by atoms with E-state index in [0.29, 0.717) is 11.9 Å². The number of H-pyrrole nitrogens is 1. The molecule has 0 radical (unpaired) electrons. The lowest BCUT2D eigenvalue weighted by Gasteiger charge is -2.39. The number of halogens is 3. The van der Waals surface area contributed by atoms with Gasteiger partial charge in [0, 0.05) is 32.7 Å². The summed E-state index contributed by atoms with van der Waals surface area (Å²) in [6, 6.07) is 0. The van der Waals surface area contributed by atoms with Crippen LogP contribution in [0.2, 0.25) is 0 Å². The highest BCUT2D eigenvalue weighted by Crippen LogP contribution is 2.54. The molecular formula is C25H31F3N8O5P+. The summed E-state index contributed by atoms with van der Waals surface area (Å²) in [6.45, 7) is 1.98. The highest BCUT2D eigenvalue weighted by molar-refractivity contribution is 7.54. The molecule has 0 aromatic carbocycles. The van der Waals surface area contributed by atoms with E-state index in [2.05, 4.69) is 36.1 Å². The summed E-state index contributed by atoms with van der Waals surface area (Å²) in [6.07, 6.45) is 6.10. The van der Waals surface area contributed by atoms with E-state index in [1.165, 1.54) is 31.5 Å². The number of anilines is 2. The highest BCUT2D eigenvalue weighted by atomic mass is 31.2. The van der Waals surface area contributed by atoms with Crippen molar-refractivity contribution in [2.45, 2.75) is 31.2 Å². The smallest absolute Gasteiger partial charge is 0.396 e. The van der Waals surface area contributed by atoms with Crippen molar-refractivity contribution in [3.63, 3.8) is 0 Å². The van der Waals surface area contributed by atoms with Gasteiger partial charge in [0.1, 0.15) is 29.8 Å². The summed E-state index contributed by atoms with van der Waals surface area (Å²) in [5.74, 6) is -1.83. The SMILES string of the molecule is CNC(=O)C1=C(Nc2nc(NC3(P(=O)(O)O)C=CC(C)=CC3)ncc2C(F)(F)F)C=CC[N+]1(CCCO)c1cn[nH]c1. The number of likely N-dealkylation sites (N-methyl/N-ethyl adjacent to an activating group) is 1. The zero-order valence-corrected chi connectivity index (χ0v) is 23.6. The summed E-state index contributed by atoms with van der Waals surface area (Å²) in [7, 11) is -3.53. The molecule has 2 unspecified atom stereocenters. The Bertz CT molecular complexity index is 1500. The van der Waals surface area contributed by atoms with E-state index in [1.807, 2.05) is 0 Å². The summed E-state index contributed by atoms with van der Waals surface area (Å²) >= 11 is 0. The van der Waals surface area contributed by atoms with Crippen molar-refractivity contribution in [3.8, 4) is 0 Å². The van der Waals surface area contributed by atoms with Gasteiger partial charge in [-0.1, -0.05) is 17.7 Å². The van der Waals surface area contributed by atoms with Crippen LogP contribution in [0, 0.1) is 0 Å². The average Bonchev–Trinajstić information content (AvgIpc) is 3.48. The molecule has 2 aromatic rings. The third-order valence-electron chi connectivity index (χ3n) is 7.06. The molecular weight excluding hydrogens is 580 g/mol. The molecule has 7 N–H and O–H groups in total. The maximum absolute atomic E-state index is 14.1. The third-order valence-corrected chi connectivity index (χ3v) is 8.54. The normalized spacial score (nSPS) is 22.6. The molecule has 1 aliphatic carbocycles. The molecule has 2 aliphatic rings. The lowest BCUT2D eigenvalue weighted by atomic mass is 10.0. The number of amides is 1. The largest absolute Gasteiger partial charge is 0.421 e. The van der Waals surface area contributed by atoms with Crippen LogP contribution in [0.25, 0.3) is 0 Å². The summed E-state index contributed by atoms with van der Waals surface area (Å²) in [4.78, 5) is 41.3. The number of aromatic amines is 1. The van der Waals surface area contributed by atoms with Gasteiger partial charge in [0.25, 0.3) is 0 Å². The van der Waals surface area contributed by atoms with Gasteiger partial charge in [-0.15, -0.1) is 0 Å². The summed E-state index contributed by atoms with van der Waals surface area (Å²) in [5.41, 5.74) is 0.0274. The van der Waals surface area contributed by atoms with Crippen molar-refractivity contribution >= 4 is 31.0 Å². The van der Waals surface area contributed by atoms with Gasteiger partial charge in [0.2, 0.25) is 11.6 Å². The standard InChI is InChI=1S/C25H30F3N8O5P/c1-16-6-8-24(9-7-16,42(39,40)41)35-23-30-15-18(25(26,27)28)21(34-23)33-19-5-3-10-36(11-4-12-37,17-13-31-32-14-17)20(19)22(38)29-2/h3,5-8,13-15,37H,4,9-12H2,1-2H3,(H5-,29,30,31,32,33,34,35,38,39,40,41)/p+1. The quantitative estimate of drug-likeness (QED) is 0.156. The number of rotatable bonds is 10. The van der Waals surface area contributed by atoms with Gasteiger partial charge >= 0.3 is 19.7 Å². The fraction of sp³-hybridized carbons (Fsp3) is 0.360. The number of allylic oxidation sites excluding steroid dienone is 3. The maximum Gasteiger partial charge on any atom is 0.421 e. The number of carbonyl (C=O) groups excluding carboxylic acids is 1. The predicted molar refractivity (Wildman–Crippen MR) is 149 cm³/mol. The van der Waals surface area contributed by atoms with Crippen LogP contribution in [0.5, 0.6) is 0 Å². The molecule has 2 aromatic heterocycles. The van der Waals surface area contributed by atoms with Gasteiger partial charge in [0.15, 0.2) is 11.0 Å². The molecule has 17 heteroatoms. The van der Waals surface area contributed by atoms with E-state index < -0.39 is 42.3 Å². The van der Waals surface area contributed by atoms with Crippen LogP contribution in [0.15, 0.2) is 65.9 Å². The van der Waals surface area contributed by atoms with Crippen LogP contribution in [-0.4, -0.2) is 73.0 Å². The predicted octanol–water partition coefficient (Wildman–Crippen LogP) is 2.74. The number of nitrogens with one attached hydrogen (secondary N) is 4. The first-order valence-electron chi connectivity index (χ1n) is 12.8. The van der Waals surface area contributed by atoms with Crippen LogP contribution in [0.4, 0.5) is 30.6 Å². The minimum Gasteiger partial charge on any atom is -0.396 e. The second-order valence-corrected chi connectivity index (χ2v) is 11.7. The fourth-order valence-electron chi connectivity index (χ4n) is 4.84. The Morgan fingerprint density at radius 3 is 2.60 bits per heavy atom. The van der Waals surface area contributed by atoms with E-state index in [4.69, 9.17) is 0 Å². The molecule has 4 rings (SSSR count). The Morgan fingerprint density at radius 2 is 2.02 bits per heavy atom. The Balaban J connectivity index is 1.86. The Labute approximate surface area is 238 Å². The van der Waals surface area contributed by atoms with Crippen molar-refractivity contribution in [3.05, 3.63) is 71.5 Å². The van der Waals surface area contributed by atoms with Gasteiger partial charge in [-0.25, -0.2) is 9.47 Å². The van der Waals surface area contributed by atoms with Gasteiger partial charge in [-0.3, -0.25) is 14.5 Å². The summed E-state index contributed by atoms with van der Waals surface area (Å²) in [5, 5.41) is 22.0. The summed E-state index contributed by atoms with van der Waals surface area (Å²) < 4.78 is 54.7. The van der Waals surface area contributed by atoms with Crippen molar-refractivity contribution in [1.82, 2.24) is 30.0 Å². The number of hydrogen-bond acceptors (Lipinski definition) is 8. The molecule has 42 heavy (non-hydrogen) atoms. The lowest BCUT2D eigenvalue weighted by molar-refractivity contribution is -0.137. The molecule has 2 atom stereocenters. The van der Waals surface area contributed by atoms with E-state index in [-0.39, 0.29) is 48.4 Å². The topological polar surface area (TPSA) is 185 Å². The molecule has 226 valence electrons. The van der Waals surface area contributed by atoms with E-state index in [9.17, 15) is 37.4 Å². The van der Waals surface area contributed by atoms with Gasteiger partial charge in [-0.05, 0) is 25.2 Å². The average molecular weight is 612 g/mol. The molecule has 3 heterocycles. The molecule has 0 saturated heterocycles. The fourth-order valence-corrected chi connectivity index (χ4v) is 5.69. The second-order valence-electron chi connectivity index (χ2n) is 9.81. The number of aromatic nitrogens is 4. The lowest BCUT2D eigenvalue weighted by Crippen LogP contribution is -2.55. The molecule has 1 amide bonds. The van der Waals surface area contributed by atoms with Gasteiger partial charge < -0.3 is 30.8 Å². The third kappa shape index (κ3) is 6.03. The minimum atomic E-state index is -4.92. The van der Waals surface area contributed by atoms with Gasteiger partial charge in [-0.2, -0.15) is 23.3 Å². The van der Waals surface area contributed by atoms with Crippen LogP contribution in [0.3, 0.4) is 0 Å². The molecule has 13 nitrogen and oxygen atoms in total. The first-order chi connectivity index (χ1) is 19.8. The Hall–Kier alpha value is -3.82. The van der Waals surface area contributed by atoms with Crippen molar-refractivity contribution in [2.24, 2.45) is 0 Å². The number of carbonyl (C=O) groups is 1. The van der Waals surface area contributed by atoms with E-state index in [1.54, 1.807) is 25.3 Å². The number of alkyl halides is 3. The molecule has 0 fully saturated rings. The number of aliphatic hydroxyl groups excluding tert-OH is 1. The maximum atomic E-state index is 14.1. The minimum absolute atomic E-state index is 0.0179. The second kappa shape index (κ2) is 11.8.